The van der Waals surface area contributed by atoms with Gasteiger partial charge in [0.05, 0.1) is 33.6 Å². The lowest BCUT2D eigenvalue weighted by Gasteiger charge is -2.26. The van der Waals surface area contributed by atoms with Gasteiger partial charge in [-0.3, -0.25) is 10.00 Å². The van der Waals surface area contributed by atoms with Crippen LogP contribution in [-0.4, -0.2) is 47.5 Å². The van der Waals surface area contributed by atoms with E-state index in [1.807, 2.05) is 28.9 Å². The van der Waals surface area contributed by atoms with Crippen LogP contribution in [0.5, 0.6) is 17.2 Å². The Morgan fingerprint density at radius 1 is 1.10 bits per heavy atom. The van der Waals surface area contributed by atoms with Gasteiger partial charge in [-0.05, 0) is 61.5 Å². The Hall–Kier alpha value is -2.55. The first-order chi connectivity index (χ1) is 15.0. The van der Waals surface area contributed by atoms with E-state index in [0.717, 1.165) is 42.0 Å². The molecule has 7 nitrogen and oxygen atoms in total. The van der Waals surface area contributed by atoms with Crippen molar-refractivity contribution in [2.24, 2.45) is 0 Å². The van der Waals surface area contributed by atoms with Crippen molar-refractivity contribution < 1.29 is 14.2 Å². The second-order valence-electron chi connectivity index (χ2n) is 7.35. The topological polar surface area (TPSA) is 64.5 Å². The van der Waals surface area contributed by atoms with Crippen LogP contribution in [0.25, 0.3) is 11.4 Å². The minimum Gasteiger partial charge on any atom is -0.497 e. The van der Waals surface area contributed by atoms with E-state index in [1.54, 1.807) is 27.4 Å². The molecule has 0 unspecified atom stereocenters. The number of H-pyrrole nitrogens is 1. The fourth-order valence-corrected chi connectivity index (χ4v) is 4.43. The zero-order valence-electron chi connectivity index (χ0n) is 17.7. The van der Waals surface area contributed by atoms with E-state index >= 15 is 0 Å². The summed E-state index contributed by atoms with van der Waals surface area (Å²) in [6.07, 6.45) is 2.11. The van der Waals surface area contributed by atoms with Crippen LogP contribution >= 0.6 is 23.8 Å². The van der Waals surface area contributed by atoms with Gasteiger partial charge in [-0.2, -0.15) is 4.98 Å². The molecule has 0 radical (unpaired) electrons. The molecule has 0 saturated carbocycles. The van der Waals surface area contributed by atoms with Crippen LogP contribution in [0.2, 0.25) is 5.02 Å². The van der Waals surface area contributed by atoms with Gasteiger partial charge in [0.25, 0.3) is 0 Å². The normalized spacial score (nSPS) is 16.5. The molecule has 3 aromatic rings. The lowest BCUT2D eigenvalue weighted by Crippen LogP contribution is -2.27. The average molecular weight is 461 g/mol. The molecule has 1 N–H and O–H groups in total. The van der Waals surface area contributed by atoms with Crippen molar-refractivity contribution in [1.82, 2.24) is 19.7 Å². The Labute approximate surface area is 191 Å². The van der Waals surface area contributed by atoms with Gasteiger partial charge in [0, 0.05) is 23.2 Å². The minimum atomic E-state index is 0.194. The summed E-state index contributed by atoms with van der Waals surface area (Å²) < 4.78 is 18.9. The van der Waals surface area contributed by atoms with Gasteiger partial charge in [0.15, 0.2) is 5.82 Å². The molecule has 1 atom stereocenters. The highest BCUT2D eigenvalue weighted by molar-refractivity contribution is 7.71. The predicted molar refractivity (Wildman–Crippen MR) is 123 cm³/mol. The molecule has 164 valence electrons. The van der Waals surface area contributed by atoms with Crippen LogP contribution < -0.4 is 14.2 Å². The second-order valence-corrected chi connectivity index (χ2v) is 8.15. The number of nitrogens with zero attached hydrogens (tertiary/aromatic N) is 3. The number of nitrogens with one attached hydrogen (secondary N) is 1. The molecule has 1 saturated heterocycles. The molecule has 9 heteroatoms. The largest absolute Gasteiger partial charge is 0.497 e. The van der Waals surface area contributed by atoms with Gasteiger partial charge < -0.3 is 14.2 Å². The Kier molecular flexibility index (Phi) is 6.50. The summed E-state index contributed by atoms with van der Waals surface area (Å²) in [7, 11) is 4.99. The van der Waals surface area contributed by atoms with Crippen molar-refractivity contribution >= 4 is 23.8 Å². The molecule has 1 fully saturated rings. The number of likely N-dealkylation sites (tertiary alicyclic amines) is 1. The molecule has 31 heavy (non-hydrogen) atoms. The Balaban J connectivity index is 1.63. The standard InChI is InChI=1S/C22H25ClN4O3S/c1-28-15-7-9-19(29-2)16(12-15)18-5-4-10-26(18)13-27-22(31)24-21(25-27)17-11-14(23)6-8-20(17)30-3/h6-9,11-12,18H,4-5,10,13H2,1-3H3,(H,24,25,31)/t18-/m1/s1. The van der Waals surface area contributed by atoms with E-state index in [-0.39, 0.29) is 6.04 Å². The summed E-state index contributed by atoms with van der Waals surface area (Å²) in [5, 5.41) is 3.92. The number of rotatable bonds is 7. The molecular weight excluding hydrogens is 436 g/mol. The number of methoxy groups -OCH3 is 3. The highest BCUT2D eigenvalue weighted by Crippen LogP contribution is 2.39. The number of benzene rings is 2. The third kappa shape index (κ3) is 4.42. The number of aromatic amines is 1. The molecule has 1 aromatic heterocycles. The van der Waals surface area contributed by atoms with Crippen molar-refractivity contribution in [1.29, 1.82) is 0 Å². The zero-order chi connectivity index (χ0) is 22.0. The van der Waals surface area contributed by atoms with E-state index in [1.165, 1.54) is 0 Å². The highest BCUT2D eigenvalue weighted by Gasteiger charge is 2.29. The summed E-state index contributed by atoms with van der Waals surface area (Å²) >= 11 is 11.7. The van der Waals surface area contributed by atoms with Gasteiger partial charge in [0.1, 0.15) is 17.2 Å². The first kappa shape index (κ1) is 21.7. The molecule has 0 spiro atoms. The summed E-state index contributed by atoms with van der Waals surface area (Å²) in [5.41, 5.74) is 1.88. The number of halogens is 1. The second kappa shape index (κ2) is 9.30. The molecular formula is C22H25ClN4O3S. The number of hydrogen-bond donors (Lipinski definition) is 1. The van der Waals surface area contributed by atoms with E-state index in [2.05, 4.69) is 21.0 Å². The first-order valence-corrected chi connectivity index (χ1v) is 10.8. The smallest absolute Gasteiger partial charge is 0.217 e. The van der Waals surface area contributed by atoms with Crippen molar-refractivity contribution in [3.05, 3.63) is 51.8 Å². The maximum Gasteiger partial charge on any atom is 0.217 e. The van der Waals surface area contributed by atoms with Gasteiger partial charge >= 0.3 is 0 Å². The van der Waals surface area contributed by atoms with E-state index in [4.69, 9.17) is 38.0 Å². The predicted octanol–water partition coefficient (Wildman–Crippen LogP) is 5.08. The molecule has 1 aliphatic heterocycles. The third-order valence-corrected chi connectivity index (χ3v) is 6.13. The molecule has 2 aromatic carbocycles. The van der Waals surface area contributed by atoms with Crippen LogP contribution in [0.1, 0.15) is 24.4 Å². The van der Waals surface area contributed by atoms with Gasteiger partial charge in [-0.15, -0.1) is 0 Å². The third-order valence-electron chi connectivity index (χ3n) is 5.58. The lowest BCUT2D eigenvalue weighted by molar-refractivity contribution is 0.187. The monoisotopic (exact) mass is 460 g/mol. The van der Waals surface area contributed by atoms with Gasteiger partial charge in [0.2, 0.25) is 4.77 Å². The van der Waals surface area contributed by atoms with Crippen molar-refractivity contribution in [2.45, 2.75) is 25.6 Å². The molecule has 2 heterocycles. The molecule has 0 bridgehead atoms. The van der Waals surface area contributed by atoms with E-state index < -0.39 is 0 Å². The van der Waals surface area contributed by atoms with E-state index in [9.17, 15) is 0 Å². The zero-order valence-corrected chi connectivity index (χ0v) is 19.3. The van der Waals surface area contributed by atoms with E-state index in [0.29, 0.717) is 28.0 Å². The number of hydrogen-bond acceptors (Lipinski definition) is 6. The number of ether oxygens (including phenoxy) is 3. The van der Waals surface area contributed by atoms with Gasteiger partial charge in [-0.1, -0.05) is 11.6 Å². The minimum absolute atomic E-state index is 0.194. The average Bonchev–Trinajstić information content (AvgIpc) is 3.40. The first-order valence-electron chi connectivity index (χ1n) is 10.0. The van der Waals surface area contributed by atoms with Crippen molar-refractivity contribution in [3.63, 3.8) is 0 Å². The molecule has 1 aliphatic rings. The van der Waals surface area contributed by atoms with Crippen LogP contribution in [0.4, 0.5) is 0 Å². The van der Waals surface area contributed by atoms with Gasteiger partial charge in [-0.25, -0.2) is 4.68 Å². The quantitative estimate of drug-likeness (QED) is 0.496. The van der Waals surface area contributed by atoms with Crippen LogP contribution in [0.15, 0.2) is 36.4 Å². The summed E-state index contributed by atoms with van der Waals surface area (Å²) in [5.74, 6) is 2.98. The Morgan fingerprint density at radius 3 is 2.61 bits per heavy atom. The van der Waals surface area contributed by atoms with Crippen LogP contribution in [0.3, 0.4) is 0 Å². The molecule has 0 aliphatic carbocycles. The summed E-state index contributed by atoms with van der Waals surface area (Å²) in [6, 6.07) is 11.5. The fourth-order valence-electron chi connectivity index (χ4n) is 4.07. The summed E-state index contributed by atoms with van der Waals surface area (Å²) in [4.78, 5) is 6.91. The van der Waals surface area contributed by atoms with Crippen molar-refractivity contribution in [2.75, 3.05) is 27.9 Å². The Bertz CT molecular complexity index is 1130. The van der Waals surface area contributed by atoms with Crippen molar-refractivity contribution in [3.8, 4) is 28.6 Å². The maximum atomic E-state index is 6.19. The van der Waals surface area contributed by atoms with Crippen LogP contribution in [0, 0.1) is 4.77 Å². The lowest BCUT2D eigenvalue weighted by atomic mass is 10.0. The SMILES string of the molecule is COc1ccc(OC)c([C@H]2CCCN2Cn2[nH]c(-c3cc(Cl)ccc3OC)nc2=S)c1. The maximum absolute atomic E-state index is 6.19. The highest BCUT2D eigenvalue weighted by atomic mass is 35.5. The molecule has 4 rings (SSSR count). The Morgan fingerprint density at radius 2 is 1.87 bits per heavy atom. The van der Waals surface area contributed by atoms with Crippen LogP contribution in [-0.2, 0) is 6.67 Å². The number of aromatic nitrogens is 3. The fraction of sp³-hybridized carbons (Fsp3) is 0.364. The molecule has 0 amide bonds. The summed E-state index contributed by atoms with van der Waals surface area (Å²) in [6.45, 7) is 1.53.